The Morgan fingerprint density at radius 1 is 1.24 bits per heavy atom. The summed E-state index contributed by atoms with van der Waals surface area (Å²) in [5.41, 5.74) is 2.66. The summed E-state index contributed by atoms with van der Waals surface area (Å²) in [7, 11) is 1.89. The fraction of sp³-hybridized carbons (Fsp3) is 0.294. The summed E-state index contributed by atoms with van der Waals surface area (Å²) >= 11 is 3.30. The summed E-state index contributed by atoms with van der Waals surface area (Å²) in [6.45, 7) is 0.744. The summed E-state index contributed by atoms with van der Waals surface area (Å²) in [5, 5.41) is 0. The molecule has 8 heteroatoms. The number of imidazole rings is 1. The topological polar surface area (TPSA) is 75.5 Å². The molecule has 3 amide bonds. The smallest absolute Gasteiger partial charge is 0.262 e. The van der Waals surface area contributed by atoms with E-state index in [2.05, 4.69) is 20.9 Å². The highest BCUT2D eigenvalue weighted by atomic mass is 79.9. The third kappa shape index (κ3) is 2.57. The molecule has 3 heterocycles. The number of nitrogens with zero attached hydrogens (tertiary/aromatic N) is 4. The Morgan fingerprint density at radius 2 is 2.00 bits per heavy atom. The van der Waals surface area contributed by atoms with Crippen LogP contribution in [0.3, 0.4) is 0 Å². The minimum Gasteiger partial charge on any atom is -0.336 e. The number of benzene rings is 1. The largest absolute Gasteiger partial charge is 0.336 e. The molecule has 0 aliphatic carbocycles. The number of hydrogen-bond acceptors (Lipinski definition) is 4. The average molecular weight is 403 g/mol. The molecule has 128 valence electrons. The monoisotopic (exact) mass is 402 g/mol. The van der Waals surface area contributed by atoms with E-state index in [0.29, 0.717) is 30.6 Å². The average Bonchev–Trinajstić information content (AvgIpc) is 3.08. The number of hydrogen-bond donors (Lipinski definition) is 0. The Morgan fingerprint density at radius 3 is 2.80 bits per heavy atom. The lowest BCUT2D eigenvalue weighted by molar-refractivity contribution is -0.132. The lowest BCUT2D eigenvalue weighted by atomic mass is 10.1. The third-order valence-electron chi connectivity index (χ3n) is 4.68. The molecule has 0 spiro atoms. The molecule has 1 aromatic carbocycles. The highest BCUT2D eigenvalue weighted by Crippen LogP contribution is 2.26. The van der Waals surface area contributed by atoms with Crippen LogP contribution in [0.1, 0.15) is 32.1 Å². The summed E-state index contributed by atoms with van der Waals surface area (Å²) in [6.07, 6.45) is 2.41. The maximum atomic E-state index is 12.6. The minimum atomic E-state index is -0.423. The maximum absolute atomic E-state index is 12.6. The Labute approximate surface area is 152 Å². The van der Waals surface area contributed by atoms with Crippen LogP contribution in [0.5, 0.6) is 0 Å². The first-order chi connectivity index (χ1) is 12.0. The molecule has 2 aliphatic rings. The fourth-order valence-corrected chi connectivity index (χ4v) is 3.63. The molecule has 0 N–H and O–H groups in total. The lowest BCUT2D eigenvalue weighted by Gasteiger charge is -2.28. The molecule has 0 unspecified atom stereocenters. The molecule has 2 aliphatic heterocycles. The maximum Gasteiger partial charge on any atom is 0.262 e. The van der Waals surface area contributed by atoms with Gasteiger partial charge in [-0.2, -0.15) is 0 Å². The van der Waals surface area contributed by atoms with Crippen LogP contribution in [0.2, 0.25) is 0 Å². The molecule has 2 aromatic rings. The first kappa shape index (κ1) is 16.0. The second kappa shape index (κ2) is 5.80. The number of imide groups is 1. The van der Waals surface area contributed by atoms with Crippen molar-refractivity contribution in [1.29, 1.82) is 0 Å². The number of aryl methyl sites for hydroxylation is 1. The van der Waals surface area contributed by atoms with E-state index >= 15 is 0 Å². The van der Waals surface area contributed by atoms with E-state index in [-0.39, 0.29) is 12.5 Å². The van der Waals surface area contributed by atoms with Crippen LogP contribution in [0.4, 0.5) is 0 Å². The SMILES string of the molecule is Cn1cnc2c1CN(C(=O)CN1C(=O)c3ccc(Br)cc3C1=O)CC2. The van der Waals surface area contributed by atoms with Gasteiger partial charge in [0.05, 0.1) is 35.4 Å². The van der Waals surface area contributed by atoms with Crippen molar-refractivity contribution >= 4 is 33.7 Å². The molecule has 1 aromatic heterocycles. The van der Waals surface area contributed by atoms with Gasteiger partial charge in [0.15, 0.2) is 0 Å². The van der Waals surface area contributed by atoms with E-state index in [0.717, 1.165) is 20.8 Å². The van der Waals surface area contributed by atoms with E-state index in [4.69, 9.17) is 0 Å². The number of carbonyl (C=O) groups excluding carboxylic acids is 3. The number of carbonyl (C=O) groups is 3. The van der Waals surface area contributed by atoms with Crippen LogP contribution in [-0.4, -0.2) is 50.2 Å². The Bertz CT molecular complexity index is 921. The first-order valence-electron chi connectivity index (χ1n) is 7.88. The predicted molar refractivity (Wildman–Crippen MR) is 91.8 cm³/mol. The van der Waals surface area contributed by atoms with Crippen molar-refractivity contribution in [3.05, 3.63) is 51.5 Å². The van der Waals surface area contributed by atoms with Crippen molar-refractivity contribution < 1.29 is 14.4 Å². The molecule has 7 nitrogen and oxygen atoms in total. The Balaban J connectivity index is 1.52. The molecular weight excluding hydrogens is 388 g/mol. The zero-order chi connectivity index (χ0) is 17.7. The van der Waals surface area contributed by atoms with Gasteiger partial charge in [0.25, 0.3) is 11.8 Å². The van der Waals surface area contributed by atoms with Gasteiger partial charge in [0.1, 0.15) is 6.54 Å². The van der Waals surface area contributed by atoms with Crippen LogP contribution in [0.25, 0.3) is 0 Å². The van der Waals surface area contributed by atoms with E-state index in [9.17, 15) is 14.4 Å². The minimum absolute atomic E-state index is 0.236. The van der Waals surface area contributed by atoms with E-state index in [1.807, 2.05) is 11.6 Å². The highest BCUT2D eigenvalue weighted by molar-refractivity contribution is 9.10. The fourth-order valence-electron chi connectivity index (χ4n) is 3.27. The van der Waals surface area contributed by atoms with Gasteiger partial charge in [-0.1, -0.05) is 15.9 Å². The second-order valence-electron chi connectivity index (χ2n) is 6.20. The lowest BCUT2D eigenvalue weighted by Crippen LogP contribution is -2.44. The van der Waals surface area contributed by atoms with Crippen molar-refractivity contribution in [2.24, 2.45) is 7.05 Å². The van der Waals surface area contributed by atoms with E-state index in [1.54, 1.807) is 29.4 Å². The van der Waals surface area contributed by atoms with Crippen LogP contribution in [0, 0.1) is 0 Å². The van der Waals surface area contributed by atoms with Gasteiger partial charge in [0.2, 0.25) is 5.91 Å². The molecule has 0 fully saturated rings. The standard InChI is InChI=1S/C17H15BrN4O3/c1-20-9-19-13-4-5-21(7-14(13)20)15(23)8-22-16(24)11-3-2-10(18)6-12(11)17(22)25/h2-3,6,9H,4-5,7-8H2,1H3. The molecule has 25 heavy (non-hydrogen) atoms. The third-order valence-corrected chi connectivity index (χ3v) is 5.18. The van der Waals surface area contributed by atoms with Crippen LogP contribution in [0.15, 0.2) is 29.0 Å². The zero-order valence-corrected chi connectivity index (χ0v) is 15.1. The van der Waals surface area contributed by atoms with Gasteiger partial charge in [-0.05, 0) is 18.2 Å². The van der Waals surface area contributed by atoms with Crippen LogP contribution in [-0.2, 0) is 24.8 Å². The van der Waals surface area contributed by atoms with Gasteiger partial charge in [-0.15, -0.1) is 0 Å². The molecule has 0 saturated carbocycles. The van der Waals surface area contributed by atoms with Crippen LogP contribution >= 0.6 is 15.9 Å². The molecule has 0 atom stereocenters. The molecule has 0 bridgehead atoms. The molecule has 0 radical (unpaired) electrons. The first-order valence-corrected chi connectivity index (χ1v) is 8.67. The number of rotatable bonds is 2. The normalized spacial score (nSPS) is 16.2. The Hall–Kier alpha value is -2.48. The second-order valence-corrected chi connectivity index (χ2v) is 7.12. The van der Waals surface area contributed by atoms with E-state index in [1.165, 1.54) is 0 Å². The van der Waals surface area contributed by atoms with Crippen molar-refractivity contribution in [2.75, 3.05) is 13.1 Å². The van der Waals surface area contributed by atoms with Crippen molar-refractivity contribution in [3.8, 4) is 0 Å². The summed E-state index contributed by atoms with van der Waals surface area (Å²) in [6, 6.07) is 4.93. The summed E-state index contributed by atoms with van der Waals surface area (Å²) < 4.78 is 2.62. The molecular formula is C17H15BrN4O3. The number of halogens is 1. The quantitative estimate of drug-likeness (QED) is 0.710. The number of fused-ring (bicyclic) bond motifs is 2. The van der Waals surface area contributed by atoms with Gasteiger partial charge < -0.3 is 9.47 Å². The predicted octanol–water partition coefficient (Wildman–Crippen LogP) is 1.36. The zero-order valence-electron chi connectivity index (χ0n) is 13.5. The summed E-state index contributed by atoms with van der Waals surface area (Å²) in [4.78, 5) is 44.6. The summed E-state index contributed by atoms with van der Waals surface area (Å²) in [5.74, 6) is -1.08. The highest BCUT2D eigenvalue weighted by Gasteiger charge is 2.38. The Kier molecular flexibility index (Phi) is 3.72. The van der Waals surface area contributed by atoms with Gasteiger partial charge in [0, 0.05) is 24.5 Å². The van der Waals surface area contributed by atoms with Gasteiger partial charge in [-0.25, -0.2) is 4.98 Å². The van der Waals surface area contributed by atoms with Gasteiger partial charge in [-0.3, -0.25) is 19.3 Å². The molecule has 0 saturated heterocycles. The van der Waals surface area contributed by atoms with Crippen molar-refractivity contribution in [1.82, 2.24) is 19.4 Å². The molecule has 4 rings (SSSR count). The number of aromatic nitrogens is 2. The number of amides is 3. The van der Waals surface area contributed by atoms with Crippen molar-refractivity contribution in [3.63, 3.8) is 0 Å². The van der Waals surface area contributed by atoms with E-state index < -0.39 is 11.8 Å². The van der Waals surface area contributed by atoms with Gasteiger partial charge >= 0.3 is 0 Å². The van der Waals surface area contributed by atoms with Crippen LogP contribution < -0.4 is 0 Å². The van der Waals surface area contributed by atoms with Crippen molar-refractivity contribution in [2.45, 2.75) is 13.0 Å².